The van der Waals surface area contributed by atoms with Gasteiger partial charge in [-0.25, -0.2) is 0 Å². The quantitative estimate of drug-likeness (QED) is 0.587. The third-order valence-corrected chi connectivity index (χ3v) is 3.22. The van der Waals surface area contributed by atoms with E-state index in [0.29, 0.717) is 5.88 Å². The summed E-state index contributed by atoms with van der Waals surface area (Å²) in [5, 5.41) is 0. The van der Waals surface area contributed by atoms with Gasteiger partial charge in [-0.2, -0.15) is 0 Å². The number of ether oxygens (including phenoxy) is 1. The van der Waals surface area contributed by atoms with Gasteiger partial charge in [-0.05, 0) is 30.2 Å². The Morgan fingerprint density at radius 2 is 2.19 bits per heavy atom. The summed E-state index contributed by atoms with van der Waals surface area (Å²) >= 11 is 9.39. The average molecular weight is 307 g/mol. The fraction of sp³-hybridized carbons (Fsp3) is 0.500. The van der Waals surface area contributed by atoms with Gasteiger partial charge in [-0.1, -0.05) is 15.9 Å². The van der Waals surface area contributed by atoms with E-state index in [1.54, 1.807) is 7.11 Å². The van der Waals surface area contributed by atoms with E-state index >= 15 is 0 Å². The van der Waals surface area contributed by atoms with Gasteiger partial charge in [0.05, 0.1) is 0 Å². The highest BCUT2D eigenvalue weighted by molar-refractivity contribution is 9.10. The van der Waals surface area contributed by atoms with Crippen LogP contribution in [-0.2, 0) is 10.6 Å². The number of methoxy groups -OCH3 is 1. The van der Waals surface area contributed by atoms with Crippen LogP contribution in [0.4, 0.5) is 5.69 Å². The summed E-state index contributed by atoms with van der Waals surface area (Å²) in [5.41, 5.74) is 2.34. The molecule has 0 unspecified atom stereocenters. The summed E-state index contributed by atoms with van der Waals surface area (Å²) in [6.07, 6.45) is 1.02. The topological polar surface area (TPSA) is 12.5 Å². The van der Waals surface area contributed by atoms with Crippen molar-refractivity contribution >= 4 is 33.2 Å². The van der Waals surface area contributed by atoms with E-state index in [4.69, 9.17) is 16.3 Å². The first kappa shape index (κ1) is 13.8. The molecule has 90 valence electrons. The number of hydrogen-bond donors (Lipinski definition) is 0. The third kappa shape index (κ3) is 3.96. The van der Waals surface area contributed by atoms with E-state index in [-0.39, 0.29) is 0 Å². The van der Waals surface area contributed by atoms with Crippen LogP contribution in [0.2, 0.25) is 0 Å². The van der Waals surface area contributed by atoms with Crippen molar-refractivity contribution < 1.29 is 4.74 Å². The van der Waals surface area contributed by atoms with Crippen molar-refractivity contribution in [1.82, 2.24) is 0 Å². The van der Waals surface area contributed by atoms with Crippen LogP contribution in [0.1, 0.15) is 12.0 Å². The van der Waals surface area contributed by atoms with Crippen LogP contribution in [0.25, 0.3) is 0 Å². The first-order valence-electron chi connectivity index (χ1n) is 5.23. The lowest BCUT2D eigenvalue weighted by Crippen LogP contribution is -2.20. The van der Waals surface area contributed by atoms with Gasteiger partial charge in [0.1, 0.15) is 0 Å². The van der Waals surface area contributed by atoms with Gasteiger partial charge in [-0.15, -0.1) is 11.6 Å². The SMILES string of the molecule is COCCCN(C)c1ccc(Br)cc1CCl. The zero-order valence-corrected chi connectivity index (χ0v) is 12.0. The summed E-state index contributed by atoms with van der Waals surface area (Å²) in [4.78, 5) is 2.21. The standard InChI is InChI=1S/C12H17BrClNO/c1-15(6-3-7-16-2)12-5-4-11(13)8-10(12)9-14/h4-5,8H,3,6-7,9H2,1-2H3. The van der Waals surface area contributed by atoms with E-state index in [2.05, 4.69) is 40.0 Å². The summed E-state index contributed by atoms with van der Waals surface area (Å²) in [6, 6.07) is 6.20. The molecule has 0 saturated heterocycles. The van der Waals surface area contributed by atoms with Crippen molar-refractivity contribution in [1.29, 1.82) is 0 Å². The predicted molar refractivity (Wildman–Crippen MR) is 73.5 cm³/mol. The van der Waals surface area contributed by atoms with E-state index in [0.717, 1.165) is 29.6 Å². The van der Waals surface area contributed by atoms with Gasteiger partial charge in [0, 0.05) is 43.3 Å². The van der Waals surface area contributed by atoms with Crippen LogP contribution in [0, 0.1) is 0 Å². The van der Waals surface area contributed by atoms with Crippen molar-refractivity contribution in [2.75, 3.05) is 32.2 Å². The monoisotopic (exact) mass is 305 g/mol. The molecule has 0 amide bonds. The highest BCUT2D eigenvalue weighted by Gasteiger charge is 2.06. The number of anilines is 1. The van der Waals surface area contributed by atoms with Crippen LogP contribution in [0.3, 0.4) is 0 Å². The molecule has 1 rings (SSSR count). The molecule has 2 nitrogen and oxygen atoms in total. The molecule has 4 heteroatoms. The molecule has 1 aromatic rings. The van der Waals surface area contributed by atoms with Gasteiger partial charge >= 0.3 is 0 Å². The fourth-order valence-electron chi connectivity index (χ4n) is 1.60. The Kier molecular flexibility index (Phi) is 6.17. The molecule has 1 aromatic carbocycles. The molecule has 0 spiro atoms. The first-order valence-corrected chi connectivity index (χ1v) is 6.56. The zero-order chi connectivity index (χ0) is 12.0. The molecule has 0 fully saturated rings. The molecule has 0 aromatic heterocycles. The maximum Gasteiger partial charge on any atom is 0.0494 e. The second-order valence-corrected chi connectivity index (χ2v) is 4.86. The molecule has 0 aliphatic rings. The summed E-state index contributed by atoms with van der Waals surface area (Å²) < 4.78 is 6.11. The normalized spacial score (nSPS) is 10.5. The van der Waals surface area contributed by atoms with Crippen molar-refractivity contribution in [3.05, 3.63) is 28.2 Å². The van der Waals surface area contributed by atoms with Crippen molar-refractivity contribution in [3.8, 4) is 0 Å². The minimum absolute atomic E-state index is 0.531. The van der Waals surface area contributed by atoms with Gasteiger partial charge in [0.2, 0.25) is 0 Å². The number of hydrogen-bond acceptors (Lipinski definition) is 2. The van der Waals surface area contributed by atoms with Gasteiger partial charge in [0.15, 0.2) is 0 Å². The Hall–Kier alpha value is -0.250. The zero-order valence-electron chi connectivity index (χ0n) is 9.67. The Morgan fingerprint density at radius 3 is 2.81 bits per heavy atom. The van der Waals surface area contributed by atoms with E-state index in [9.17, 15) is 0 Å². The first-order chi connectivity index (χ1) is 7.69. The molecule has 0 aliphatic carbocycles. The Labute approximate surface area is 111 Å². The minimum atomic E-state index is 0.531. The Balaban J connectivity index is 2.70. The van der Waals surface area contributed by atoms with Crippen LogP contribution < -0.4 is 4.90 Å². The van der Waals surface area contributed by atoms with Gasteiger partial charge in [-0.3, -0.25) is 0 Å². The average Bonchev–Trinajstić information content (AvgIpc) is 2.29. The predicted octanol–water partition coefficient (Wildman–Crippen LogP) is 3.66. The molecule has 0 saturated carbocycles. The lowest BCUT2D eigenvalue weighted by molar-refractivity contribution is 0.196. The van der Waals surface area contributed by atoms with Crippen LogP contribution in [0.15, 0.2) is 22.7 Å². The van der Waals surface area contributed by atoms with Crippen molar-refractivity contribution in [3.63, 3.8) is 0 Å². The lowest BCUT2D eigenvalue weighted by atomic mass is 10.2. The molecule has 0 atom stereocenters. The molecular weight excluding hydrogens is 289 g/mol. The van der Waals surface area contributed by atoms with Crippen LogP contribution in [0.5, 0.6) is 0 Å². The summed E-state index contributed by atoms with van der Waals surface area (Å²) in [5.74, 6) is 0.531. The van der Waals surface area contributed by atoms with Crippen LogP contribution >= 0.6 is 27.5 Å². The maximum absolute atomic E-state index is 5.94. The lowest BCUT2D eigenvalue weighted by Gasteiger charge is -2.22. The summed E-state index contributed by atoms with van der Waals surface area (Å²) in [7, 11) is 3.80. The van der Waals surface area contributed by atoms with Crippen molar-refractivity contribution in [2.45, 2.75) is 12.3 Å². The molecule has 0 N–H and O–H groups in total. The van der Waals surface area contributed by atoms with Crippen molar-refractivity contribution in [2.24, 2.45) is 0 Å². The smallest absolute Gasteiger partial charge is 0.0494 e. The molecule has 0 heterocycles. The molecule has 16 heavy (non-hydrogen) atoms. The number of halogens is 2. The van der Waals surface area contributed by atoms with Gasteiger partial charge < -0.3 is 9.64 Å². The minimum Gasteiger partial charge on any atom is -0.385 e. The number of nitrogens with zero attached hydrogens (tertiary/aromatic N) is 1. The fourth-order valence-corrected chi connectivity index (χ4v) is 2.22. The largest absolute Gasteiger partial charge is 0.385 e. The van der Waals surface area contributed by atoms with Gasteiger partial charge in [0.25, 0.3) is 0 Å². The van der Waals surface area contributed by atoms with E-state index < -0.39 is 0 Å². The highest BCUT2D eigenvalue weighted by atomic mass is 79.9. The van der Waals surface area contributed by atoms with Crippen LogP contribution in [-0.4, -0.2) is 27.3 Å². The molecular formula is C12H17BrClNO. The maximum atomic E-state index is 5.94. The van der Waals surface area contributed by atoms with E-state index in [1.165, 1.54) is 5.69 Å². The molecule has 0 radical (unpaired) electrons. The third-order valence-electron chi connectivity index (χ3n) is 2.44. The highest BCUT2D eigenvalue weighted by Crippen LogP contribution is 2.25. The molecule has 0 aliphatic heterocycles. The second-order valence-electron chi connectivity index (χ2n) is 3.67. The second kappa shape index (κ2) is 7.15. The number of rotatable bonds is 6. The van der Waals surface area contributed by atoms with E-state index in [1.807, 2.05) is 6.07 Å². The summed E-state index contributed by atoms with van der Waals surface area (Å²) in [6.45, 7) is 1.76. The Bertz CT molecular complexity index is 333. The Morgan fingerprint density at radius 1 is 1.44 bits per heavy atom. The number of benzene rings is 1. The molecule has 0 bridgehead atoms. The number of alkyl halides is 1.